The van der Waals surface area contributed by atoms with Crippen LogP contribution < -0.4 is 4.74 Å². The quantitative estimate of drug-likeness (QED) is 0.667. The van der Waals surface area contributed by atoms with Crippen molar-refractivity contribution in [1.29, 1.82) is 0 Å². The molecule has 6 nitrogen and oxygen atoms in total. The van der Waals surface area contributed by atoms with Gasteiger partial charge in [-0.2, -0.15) is 4.98 Å². The number of carbonyl (C=O) groups excluding carboxylic acids is 1. The van der Waals surface area contributed by atoms with E-state index in [1.165, 1.54) is 13.2 Å². The smallest absolute Gasteiger partial charge is 0.249 e. The maximum atomic E-state index is 14.0. The third kappa shape index (κ3) is 3.47. The number of halogens is 1. The van der Waals surface area contributed by atoms with Crippen LogP contribution in [0.25, 0.3) is 11.4 Å². The van der Waals surface area contributed by atoms with Crippen molar-refractivity contribution in [2.75, 3.05) is 7.11 Å². The molecule has 3 aromatic rings. The third-order valence-corrected chi connectivity index (χ3v) is 4.93. The van der Waals surface area contributed by atoms with Crippen LogP contribution in [0.1, 0.15) is 35.9 Å². The number of aromatic nitrogens is 2. The Hall–Kier alpha value is -3.22. The van der Waals surface area contributed by atoms with E-state index in [1.54, 1.807) is 17.0 Å². The number of benzene rings is 2. The Morgan fingerprint density at radius 1 is 1.25 bits per heavy atom. The lowest BCUT2D eigenvalue weighted by molar-refractivity contribution is -0.130. The molecule has 1 aliphatic rings. The highest BCUT2D eigenvalue weighted by molar-refractivity contribution is 5.78. The summed E-state index contributed by atoms with van der Waals surface area (Å²) in [5.41, 5.74) is 2.68. The molecule has 4 rings (SSSR count). The van der Waals surface area contributed by atoms with Crippen molar-refractivity contribution in [2.24, 2.45) is 0 Å². The fourth-order valence-corrected chi connectivity index (χ4v) is 3.38. The molecule has 2 heterocycles. The molecular weight excluding hydrogens is 361 g/mol. The monoisotopic (exact) mass is 381 g/mol. The molecule has 1 saturated heterocycles. The Balaban J connectivity index is 1.56. The van der Waals surface area contributed by atoms with Crippen molar-refractivity contribution in [1.82, 2.24) is 15.0 Å². The summed E-state index contributed by atoms with van der Waals surface area (Å²) in [7, 11) is 1.42. The Morgan fingerprint density at radius 2 is 2.04 bits per heavy atom. The van der Waals surface area contributed by atoms with Crippen LogP contribution >= 0.6 is 0 Å². The van der Waals surface area contributed by atoms with E-state index in [0.29, 0.717) is 30.1 Å². The lowest BCUT2D eigenvalue weighted by Crippen LogP contribution is -2.27. The molecule has 0 aliphatic carbocycles. The maximum absolute atomic E-state index is 14.0. The standard InChI is InChI=1S/C21H20FN3O3/c1-13-3-6-15(7-4-13)20-23-21(28-24-20)17-8-10-19(26)25(17)12-14-5-9-18(27-2)16(22)11-14/h3-7,9,11,17H,8,10,12H2,1-2H3. The maximum Gasteiger partial charge on any atom is 0.249 e. The average molecular weight is 381 g/mol. The van der Waals surface area contributed by atoms with Gasteiger partial charge < -0.3 is 14.2 Å². The molecule has 7 heteroatoms. The van der Waals surface area contributed by atoms with Crippen LogP contribution in [0, 0.1) is 12.7 Å². The van der Waals surface area contributed by atoms with Crippen LogP contribution in [0.3, 0.4) is 0 Å². The minimum absolute atomic E-state index is 0.0173. The summed E-state index contributed by atoms with van der Waals surface area (Å²) < 4.78 is 24.4. The van der Waals surface area contributed by atoms with Gasteiger partial charge in [0.05, 0.1) is 7.11 Å². The Morgan fingerprint density at radius 3 is 2.75 bits per heavy atom. The van der Waals surface area contributed by atoms with Crippen molar-refractivity contribution >= 4 is 5.91 Å². The number of hydrogen-bond donors (Lipinski definition) is 0. The van der Waals surface area contributed by atoms with E-state index in [9.17, 15) is 9.18 Å². The SMILES string of the molecule is COc1ccc(CN2C(=O)CCC2c2nc(-c3ccc(C)cc3)no2)cc1F. The average Bonchev–Trinajstić information content (AvgIpc) is 3.30. The van der Waals surface area contributed by atoms with Gasteiger partial charge in [0, 0.05) is 18.5 Å². The predicted molar refractivity (Wildman–Crippen MR) is 99.9 cm³/mol. The highest BCUT2D eigenvalue weighted by Crippen LogP contribution is 2.34. The van der Waals surface area contributed by atoms with Gasteiger partial charge in [-0.15, -0.1) is 0 Å². The molecule has 28 heavy (non-hydrogen) atoms. The van der Waals surface area contributed by atoms with Gasteiger partial charge >= 0.3 is 0 Å². The second kappa shape index (κ2) is 7.42. The number of rotatable bonds is 5. The summed E-state index contributed by atoms with van der Waals surface area (Å²) in [6.07, 6.45) is 0.985. The van der Waals surface area contributed by atoms with Gasteiger partial charge in [0.15, 0.2) is 11.6 Å². The van der Waals surface area contributed by atoms with Crippen LogP contribution in [0.15, 0.2) is 47.0 Å². The number of carbonyl (C=O) groups is 1. The van der Waals surface area contributed by atoms with E-state index in [4.69, 9.17) is 9.26 Å². The molecule has 2 aromatic carbocycles. The Labute approximate surface area is 161 Å². The molecule has 0 radical (unpaired) electrons. The van der Waals surface area contributed by atoms with Crippen LogP contribution in [0.5, 0.6) is 5.75 Å². The fraction of sp³-hybridized carbons (Fsp3) is 0.286. The molecule has 1 aliphatic heterocycles. The van der Waals surface area contributed by atoms with E-state index >= 15 is 0 Å². The summed E-state index contributed by atoms with van der Waals surface area (Å²) in [4.78, 5) is 18.6. The molecule has 0 N–H and O–H groups in total. The van der Waals surface area contributed by atoms with E-state index < -0.39 is 5.82 Å². The normalized spacial score (nSPS) is 16.6. The van der Waals surface area contributed by atoms with Gasteiger partial charge in [-0.3, -0.25) is 4.79 Å². The van der Waals surface area contributed by atoms with Crippen molar-refractivity contribution in [2.45, 2.75) is 32.4 Å². The van der Waals surface area contributed by atoms with Gasteiger partial charge in [-0.1, -0.05) is 41.1 Å². The molecule has 0 spiro atoms. The number of nitrogens with zero attached hydrogens (tertiary/aromatic N) is 3. The summed E-state index contributed by atoms with van der Waals surface area (Å²) in [5.74, 6) is 0.590. The van der Waals surface area contributed by atoms with E-state index in [2.05, 4.69) is 10.1 Å². The van der Waals surface area contributed by atoms with E-state index in [-0.39, 0.29) is 24.2 Å². The molecule has 1 amide bonds. The lowest BCUT2D eigenvalue weighted by Gasteiger charge is -2.22. The highest BCUT2D eigenvalue weighted by atomic mass is 19.1. The van der Waals surface area contributed by atoms with Crippen molar-refractivity contribution < 1.29 is 18.4 Å². The van der Waals surface area contributed by atoms with Crippen molar-refractivity contribution in [3.05, 3.63) is 65.3 Å². The van der Waals surface area contributed by atoms with Crippen molar-refractivity contribution in [3.8, 4) is 17.1 Å². The Bertz CT molecular complexity index is 1000. The number of aryl methyl sites for hydroxylation is 1. The van der Waals surface area contributed by atoms with Gasteiger partial charge in [-0.25, -0.2) is 4.39 Å². The number of methoxy groups -OCH3 is 1. The molecule has 0 saturated carbocycles. The zero-order valence-corrected chi connectivity index (χ0v) is 15.7. The summed E-state index contributed by atoms with van der Waals surface area (Å²) in [5, 5.41) is 4.06. The molecule has 1 aromatic heterocycles. The number of amides is 1. The zero-order chi connectivity index (χ0) is 19.7. The first-order chi connectivity index (χ1) is 13.5. The molecule has 144 valence electrons. The number of likely N-dealkylation sites (tertiary alicyclic amines) is 1. The largest absolute Gasteiger partial charge is 0.494 e. The minimum atomic E-state index is -0.456. The zero-order valence-electron chi connectivity index (χ0n) is 15.7. The van der Waals surface area contributed by atoms with Crippen molar-refractivity contribution in [3.63, 3.8) is 0 Å². The topological polar surface area (TPSA) is 68.5 Å². The predicted octanol–water partition coefficient (Wildman–Crippen LogP) is 4.06. The van der Waals surface area contributed by atoms with Crippen LogP contribution in [0.2, 0.25) is 0 Å². The fourth-order valence-electron chi connectivity index (χ4n) is 3.38. The highest BCUT2D eigenvalue weighted by Gasteiger charge is 2.36. The van der Waals surface area contributed by atoms with Gasteiger partial charge in [0.1, 0.15) is 6.04 Å². The van der Waals surface area contributed by atoms with Crippen LogP contribution in [-0.4, -0.2) is 28.1 Å². The summed E-state index contributed by atoms with van der Waals surface area (Å²) >= 11 is 0. The second-order valence-electron chi connectivity index (χ2n) is 6.87. The van der Waals surface area contributed by atoms with E-state index in [1.807, 2.05) is 31.2 Å². The van der Waals surface area contributed by atoms with Gasteiger partial charge in [0.2, 0.25) is 17.6 Å². The first-order valence-electron chi connectivity index (χ1n) is 9.07. The lowest BCUT2D eigenvalue weighted by atomic mass is 10.1. The molecule has 1 atom stereocenters. The number of ether oxygens (including phenoxy) is 1. The minimum Gasteiger partial charge on any atom is -0.494 e. The van der Waals surface area contributed by atoms with Gasteiger partial charge in [0.25, 0.3) is 0 Å². The Kier molecular flexibility index (Phi) is 4.81. The van der Waals surface area contributed by atoms with Crippen LogP contribution in [0.4, 0.5) is 4.39 Å². The van der Waals surface area contributed by atoms with E-state index in [0.717, 1.165) is 11.1 Å². The summed E-state index contributed by atoms with van der Waals surface area (Å²) in [6.45, 7) is 2.28. The second-order valence-corrected chi connectivity index (χ2v) is 6.87. The molecule has 0 bridgehead atoms. The first-order valence-corrected chi connectivity index (χ1v) is 9.07. The van der Waals surface area contributed by atoms with Crippen LogP contribution in [-0.2, 0) is 11.3 Å². The molecule has 1 fully saturated rings. The third-order valence-electron chi connectivity index (χ3n) is 4.93. The summed E-state index contributed by atoms with van der Waals surface area (Å²) in [6, 6.07) is 12.2. The molecular formula is C21H20FN3O3. The first kappa shape index (κ1) is 18.2. The van der Waals surface area contributed by atoms with Gasteiger partial charge in [-0.05, 0) is 31.0 Å². The number of hydrogen-bond acceptors (Lipinski definition) is 5. The molecule has 1 unspecified atom stereocenters.